The highest BCUT2D eigenvalue weighted by atomic mass is 32.1. The molecular weight excluding hydrogens is 329 g/mol. The van der Waals surface area contributed by atoms with E-state index in [0.717, 1.165) is 6.42 Å². The molecule has 1 atom stereocenters. The molecule has 0 radical (unpaired) electrons. The van der Waals surface area contributed by atoms with Gasteiger partial charge in [-0.3, -0.25) is 9.59 Å². The molecule has 5 nitrogen and oxygen atoms in total. The van der Waals surface area contributed by atoms with Gasteiger partial charge < -0.3 is 10.2 Å². The molecule has 1 aliphatic heterocycles. The van der Waals surface area contributed by atoms with Crippen LogP contribution in [0.3, 0.4) is 0 Å². The molecule has 0 saturated carbocycles. The SMILES string of the molecule is O=C(Nc1nccs1)C1CCCN1C(=O)C=Cc1cccc(F)c1. The second-order valence-electron chi connectivity index (χ2n) is 5.40. The number of hydrogen-bond donors (Lipinski definition) is 1. The minimum Gasteiger partial charge on any atom is -0.327 e. The summed E-state index contributed by atoms with van der Waals surface area (Å²) in [5, 5.41) is 5.03. The molecule has 24 heavy (non-hydrogen) atoms. The molecule has 124 valence electrons. The molecular formula is C17H16FN3O2S. The van der Waals surface area contributed by atoms with Gasteiger partial charge in [0.2, 0.25) is 11.8 Å². The van der Waals surface area contributed by atoms with Crippen LogP contribution in [0.1, 0.15) is 18.4 Å². The Balaban J connectivity index is 1.66. The van der Waals surface area contributed by atoms with E-state index < -0.39 is 6.04 Å². The van der Waals surface area contributed by atoms with Crippen LogP contribution in [0, 0.1) is 5.82 Å². The first-order valence-electron chi connectivity index (χ1n) is 7.58. The highest BCUT2D eigenvalue weighted by Gasteiger charge is 2.33. The summed E-state index contributed by atoms with van der Waals surface area (Å²) >= 11 is 1.33. The summed E-state index contributed by atoms with van der Waals surface area (Å²) in [6.07, 6.45) is 5.94. The van der Waals surface area contributed by atoms with Gasteiger partial charge in [-0.2, -0.15) is 0 Å². The Morgan fingerprint density at radius 2 is 2.29 bits per heavy atom. The fourth-order valence-corrected chi connectivity index (χ4v) is 3.18. The molecule has 1 N–H and O–H groups in total. The number of carbonyl (C=O) groups is 2. The number of hydrogen-bond acceptors (Lipinski definition) is 4. The Labute approximate surface area is 142 Å². The summed E-state index contributed by atoms with van der Waals surface area (Å²) < 4.78 is 13.2. The Hall–Kier alpha value is -2.54. The van der Waals surface area contributed by atoms with Gasteiger partial charge >= 0.3 is 0 Å². The predicted molar refractivity (Wildman–Crippen MR) is 90.9 cm³/mol. The maximum absolute atomic E-state index is 13.2. The second-order valence-corrected chi connectivity index (χ2v) is 6.30. The van der Waals surface area contributed by atoms with Gasteiger partial charge in [-0.15, -0.1) is 11.3 Å². The van der Waals surface area contributed by atoms with E-state index in [0.29, 0.717) is 23.7 Å². The number of halogens is 1. The minimum absolute atomic E-state index is 0.227. The lowest BCUT2D eigenvalue weighted by atomic mass is 10.2. The standard InChI is InChI=1S/C17H16FN3O2S/c18-13-4-1-3-12(11-13)6-7-15(22)21-9-2-5-14(21)16(23)20-17-19-8-10-24-17/h1,3-4,6-8,10-11,14H,2,5,9H2,(H,19,20,23). The molecule has 3 rings (SSSR count). The molecule has 1 aliphatic rings. The van der Waals surface area contributed by atoms with Crippen LogP contribution < -0.4 is 5.32 Å². The summed E-state index contributed by atoms with van der Waals surface area (Å²) in [7, 11) is 0. The molecule has 1 fully saturated rings. The lowest BCUT2D eigenvalue weighted by molar-refractivity contribution is -0.132. The summed E-state index contributed by atoms with van der Waals surface area (Å²) in [5.41, 5.74) is 0.603. The van der Waals surface area contributed by atoms with Gasteiger partial charge in [-0.05, 0) is 36.6 Å². The Morgan fingerprint density at radius 3 is 3.04 bits per heavy atom. The van der Waals surface area contributed by atoms with Crippen molar-refractivity contribution in [2.24, 2.45) is 0 Å². The number of carbonyl (C=O) groups excluding carboxylic acids is 2. The zero-order valence-corrected chi connectivity index (χ0v) is 13.6. The van der Waals surface area contributed by atoms with Crippen molar-refractivity contribution >= 4 is 34.4 Å². The van der Waals surface area contributed by atoms with Crippen molar-refractivity contribution < 1.29 is 14.0 Å². The van der Waals surface area contributed by atoms with Crippen molar-refractivity contribution in [3.8, 4) is 0 Å². The lowest BCUT2D eigenvalue weighted by Gasteiger charge is -2.22. The molecule has 1 aromatic heterocycles. The van der Waals surface area contributed by atoms with Crippen LogP contribution in [0.2, 0.25) is 0 Å². The number of aromatic nitrogens is 1. The maximum Gasteiger partial charge on any atom is 0.248 e. The zero-order valence-electron chi connectivity index (χ0n) is 12.8. The molecule has 7 heteroatoms. The number of nitrogens with one attached hydrogen (secondary N) is 1. The van der Waals surface area contributed by atoms with Gasteiger partial charge in [-0.25, -0.2) is 9.37 Å². The molecule has 2 heterocycles. The quantitative estimate of drug-likeness (QED) is 0.867. The van der Waals surface area contributed by atoms with E-state index in [4.69, 9.17) is 0 Å². The normalized spacial score (nSPS) is 17.4. The number of amides is 2. The van der Waals surface area contributed by atoms with Crippen LogP contribution in [-0.2, 0) is 9.59 Å². The van der Waals surface area contributed by atoms with E-state index in [-0.39, 0.29) is 17.6 Å². The van der Waals surface area contributed by atoms with Crippen LogP contribution in [0.25, 0.3) is 6.08 Å². The van der Waals surface area contributed by atoms with E-state index >= 15 is 0 Å². The third kappa shape index (κ3) is 3.86. The van der Waals surface area contributed by atoms with Crippen molar-refractivity contribution in [1.29, 1.82) is 0 Å². The van der Waals surface area contributed by atoms with Crippen LogP contribution in [0.15, 0.2) is 41.9 Å². The van der Waals surface area contributed by atoms with E-state index in [9.17, 15) is 14.0 Å². The van der Waals surface area contributed by atoms with Gasteiger partial charge in [0.15, 0.2) is 5.13 Å². The molecule has 1 unspecified atom stereocenters. The van der Waals surface area contributed by atoms with Crippen molar-refractivity contribution in [2.45, 2.75) is 18.9 Å². The van der Waals surface area contributed by atoms with Gasteiger partial charge in [0.1, 0.15) is 11.9 Å². The highest BCUT2D eigenvalue weighted by Crippen LogP contribution is 2.20. The zero-order chi connectivity index (χ0) is 16.9. The molecule has 1 aromatic carbocycles. The van der Waals surface area contributed by atoms with Crippen LogP contribution in [0.5, 0.6) is 0 Å². The monoisotopic (exact) mass is 345 g/mol. The first-order valence-corrected chi connectivity index (χ1v) is 8.46. The number of rotatable bonds is 4. The maximum atomic E-state index is 13.2. The van der Waals surface area contributed by atoms with Crippen LogP contribution in [0.4, 0.5) is 9.52 Å². The van der Waals surface area contributed by atoms with E-state index in [1.807, 2.05) is 0 Å². The lowest BCUT2D eigenvalue weighted by Crippen LogP contribution is -2.42. The summed E-state index contributed by atoms with van der Waals surface area (Å²) in [5.74, 6) is -0.836. The Morgan fingerprint density at radius 1 is 1.42 bits per heavy atom. The van der Waals surface area contributed by atoms with Crippen molar-refractivity contribution in [1.82, 2.24) is 9.88 Å². The van der Waals surface area contributed by atoms with E-state index in [2.05, 4.69) is 10.3 Å². The van der Waals surface area contributed by atoms with Crippen LogP contribution in [-0.4, -0.2) is 34.3 Å². The number of thiazole rings is 1. The van der Waals surface area contributed by atoms with Crippen LogP contribution >= 0.6 is 11.3 Å². The predicted octanol–water partition coefficient (Wildman–Crippen LogP) is 2.93. The van der Waals surface area contributed by atoms with Crippen molar-refractivity contribution in [2.75, 3.05) is 11.9 Å². The number of benzene rings is 1. The molecule has 0 aliphatic carbocycles. The number of nitrogens with zero attached hydrogens (tertiary/aromatic N) is 2. The third-order valence-corrected chi connectivity index (χ3v) is 4.46. The van der Waals surface area contributed by atoms with Gasteiger partial charge in [0, 0.05) is 24.2 Å². The Kier molecular flexibility index (Phi) is 5.00. The first-order chi connectivity index (χ1) is 11.6. The largest absolute Gasteiger partial charge is 0.327 e. The first kappa shape index (κ1) is 16.3. The number of anilines is 1. The summed E-state index contributed by atoms with van der Waals surface area (Å²) in [6, 6.07) is 5.49. The molecule has 0 spiro atoms. The van der Waals surface area contributed by atoms with Crippen molar-refractivity contribution in [3.05, 3.63) is 53.3 Å². The van der Waals surface area contributed by atoms with Gasteiger partial charge in [0.25, 0.3) is 0 Å². The Bertz CT molecular complexity index is 761. The fraction of sp³-hybridized carbons (Fsp3) is 0.235. The average molecular weight is 345 g/mol. The van der Waals surface area contributed by atoms with Gasteiger partial charge in [-0.1, -0.05) is 12.1 Å². The molecule has 2 aromatic rings. The highest BCUT2D eigenvalue weighted by molar-refractivity contribution is 7.13. The topological polar surface area (TPSA) is 62.3 Å². The average Bonchev–Trinajstić information content (AvgIpc) is 3.24. The van der Waals surface area contributed by atoms with Crippen molar-refractivity contribution in [3.63, 3.8) is 0 Å². The molecule has 0 bridgehead atoms. The minimum atomic E-state index is -0.501. The summed E-state index contributed by atoms with van der Waals surface area (Å²) in [4.78, 5) is 30.3. The third-order valence-electron chi connectivity index (χ3n) is 3.77. The van der Waals surface area contributed by atoms with E-state index in [1.165, 1.54) is 29.5 Å². The number of likely N-dealkylation sites (tertiary alicyclic amines) is 1. The molecule has 1 saturated heterocycles. The van der Waals surface area contributed by atoms with Gasteiger partial charge in [0.05, 0.1) is 0 Å². The smallest absolute Gasteiger partial charge is 0.248 e. The van der Waals surface area contributed by atoms with E-state index in [1.54, 1.807) is 34.7 Å². The summed E-state index contributed by atoms with van der Waals surface area (Å²) in [6.45, 7) is 0.530. The molecule has 2 amide bonds. The second kappa shape index (κ2) is 7.35. The fourth-order valence-electron chi connectivity index (χ4n) is 2.65.